The van der Waals surface area contributed by atoms with E-state index in [1.165, 1.54) is 18.3 Å². The molecule has 4 rings (SSSR count). The number of nitrogens with one attached hydrogen (secondary N) is 2. The summed E-state index contributed by atoms with van der Waals surface area (Å²) in [6.45, 7) is 1.22. The molecule has 0 aliphatic carbocycles. The van der Waals surface area contributed by atoms with Gasteiger partial charge in [0.1, 0.15) is 11.2 Å². The maximum atomic E-state index is 12.4. The molecule has 3 heterocycles. The van der Waals surface area contributed by atoms with Crippen molar-refractivity contribution in [2.24, 2.45) is 0 Å². The number of aliphatic hydroxyl groups is 1. The fraction of sp³-hybridized carbons (Fsp3) is 0.316. The number of hydrogen-bond acceptors (Lipinski definition) is 8. The van der Waals surface area contributed by atoms with E-state index in [9.17, 15) is 18.3 Å². The number of rotatable bonds is 4. The molecule has 29 heavy (non-hydrogen) atoms. The zero-order valence-corrected chi connectivity index (χ0v) is 16.6. The van der Waals surface area contributed by atoms with Crippen molar-refractivity contribution in [1.29, 1.82) is 0 Å². The lowest BCUT2D eigenvalue weighted by molar-refractivity contribution is 0.145. The third-order valence-corrected chi connectivity index (χ3v) is 5.99. The maximum Gasteiger partial charge on any atom is 0.261 e. The number of benzene rings is 1. The van der Waals surface area contributed by atoms with Crippen molar-refractivity contribution < 1.29 is 13.5 Å². The lowest BCUT2D eigenvalue weighted by Crippen LogP contribution is -2.37. The first-order valence-corrected chi connectivity index (χ1v) is 11.1. The van der Waals surface area contributed by atoms with E-state index >= 15 is 0 Å². The molecule has 2 aromatic heterocycles. The Labute approximate surface area is 167 Å². The van der Waals surface area contributed by atoms with Crippen LogP contribution in [0.25, 0.3) is 10.9 Å². The Bertz CT molecular complexity index is 1220. The molecule has 1 aliphatic heterocycles. The monoisotopic (exact) mass is 415 g/mol. The van der Waals surface area contributed by atoms with Gasteiger partial charge in [-0.3, -0.25) is 4.79 Å². The second-order valence-electron chi connectivity index (χ2n) is 7.08. The second-order valence-corrected chi connectivity index (χ2v) is 9.10. The molecule has 1 saturated heterocycles. The van der Waals surface area contributed by atoms with E-state index in [0.717, 1.165) is 6.26 Å². The number of piperidine rings is 1. The first-order valence-electron chi connectivity index (χ1n) is 9.21. The Hall–Kier alpha value is -2.98. The van der Waals surface area contributed by atoms with Gasteiger partial charge in [0.2, 0.25) is 5.95 Å². The number of pyridine rings is 1. The van der Waals surface area contributed by atoms with Crippen LogP contribution >= 0.6 is 0 Å². The third-order valence-electron chi connectivity index (χ3n) is 4.88. The standard InChI is InChI=1S/C19H21N5O4S/c1-29(27,28)14-4-2-3-12(11-14)21-17-16-15(5-8-20-18(16)26)22-19(23-17)24-9-6-13(25)7-10-24/h2-5,8,11,13,25H,6-7,9-10H2,1H3,(H,20,26)(H,21,22,23). The third kappa shape index (κ3) is 4.08. The van der Waals surface area contributed by atoms with Crippen LogP contribution in [-0.2, 0) is 9.84 Å². The number of sulfone groups is 1. The zero-order chi connectivity index (χ0) is 20.6. The summed E-state index contributed by atoms with van der Waals surface area (Å²) in [5, 5.41) is 13.1. The van der Waals surface area contributed by atoms with Crippen LogP contribution in [0.1, 0.15) is 12.8 Å². The van der Waals surface area contributed by atoms with Crippen molar-refractivity contribution in [3.05, 3.63) is 46.9 Å². The molecule has 3 N–H and O–H groups in total. The molecule has 152 valence electrons. The van der Waals surface area contributed by atoms with Gasteiger partial charge in [-0.15, -0.1) is 0 Å². The molecule has 3 aromatic rings. The van der Waals surface area contributed by atoms with Gasteiger partial charge >= 0.3 is 0 Å². The summed E-state index contributed by atoms with van der Waals surface area (Å²) >= 11 is 0. The molecule has 0 bridgehead atoms. The van der Waals surface area contributed by atoms with Crippen LogP contribution in [0.15, 0.2) is 46.2 Å². The van der Waals surface area contributed by atoms with E-state index in [-0.39, 0.29) is 21.9 Å². The number of H-pyrrole nitrogens is 1. The number of hydrogen-bond donors (Lipinski definition) is 3. The molecule has 0 spiro atoms. The van der Waals surface area contributed by atoms with Gasteiger partial charge in [-0.2, -0.15) is 4.98 Å². The van der Waals surface area contributed by atoms with Gasteiger partial charge in [0.05, 0.1) is 16.5 Å². The van der Waals surface area contributed by atoms with Gasteiger partial charge in [0, 0.05) is 31.2 Å². The molecule has 0 unspecified atom stereocenters. The van der Waals surface area contributed by atoms with Crippen LogP contribution in [0, 0.1) is 0 Å². The predicted octanol–water partition coefficient (Wildman–Crippen LogP) is 1.43. The highest BCUT2D eigenvalue weighted by atomic mass is 32.2. The predicted molar refractivity (Wildman–Crippen MR) is 110 cm³/mol. The van der Waals surface area contributed by atoms with Crippen LogP contribution in [0.3, 0.4) is 0 Å². The Morgan fingerprint density at radius 2 is 1.97 bits per heavy atom. The van der Waals surface area contributed by atoms with E-state index in [1.807, 2.05) is 4.90 Å². The lowest BCUT2D eigenvalue weighted by Gasteiger charge is -2.30. The average molecular weight is 415 g/mol. The summed E-state index contributed by atoms with van der Waals surface area (Å²) in [5.74, 6) is 0.750. The van der Waals surface area contributed by atoms with Crippen LogP contribution in [-0.4, -0.2) is 53.9 Å². The summed E-state index contributed by atoms with van der Waals surface area (Å²) in [7, 11) is -3.37. The largest absolute Gasteiger partial charge is 0.393 e. The normalized spacial score (nSPS) is 15.6. The molecular weight excluding hydrogens is 394 g/mol. The van der Waals surface area contributed by atoms with Gasteiger partial charge in [-0.05, 0) is 37.1 Å². The van der Waals surface area contributed by atoms with E-state index in [4.69, 9.17) is 0 Å². The Balaban J connectivity index is 1.79. The quantitative estimate of drug-likeness (QED) is 0.584. The van der Waals surface area contributed by atoms with Crippen LogP contribution in [0.4, 0.5) is 17.5 Å². The highest BCUT2D eigenvalue weighted by Gasteiger charge is 2.21. The minimum Gasteiger partial charge on any atom is -0.393 e. The zero-order valence-electron chi connectivity index (χ0n) is 15.8. The van der Waals surface area contributed by atoms with Crippen molar-refractivity contribution in [2.45, 2.75) is 23.8 Å². The summed E-state index contributed by atoms with van der Waals surface area (Å²) in [6.07, 6.45) is 3.58. The first-order chi connectivity index (χ1) is 13.8. The number of aliphatic hydroxyl groups excluding tert-OH is 1. The fourth-order valence-electron chi connectivity index (χ4n) is 3.32. The molecule has 1 fully saturated rings. The van der Waals surface area contributed by atoms with Gasteiger partial charge in [-0.1, -0.05) is 6.07 Å². The van der Waals surface area contributed by atoms with Crippen molar-refractivity contribution >= 4 is 38.2 Å². The fourth-order valence-corrected chi connectivity index (χ4v) is 3.98. The van der Waals surface area contributed by atoms with Crippen molar-refractivity contribution in [3.8, 4) is 0 Å². The molecule has 0 saturated carbocycles. The van der Waals surface area contributed by atoms with Crippen LogP contribution in [0.5, 0.6) is 0 Å². The summed E-state index contributed by atoms with van der Waals surface area (Å²) < 4.78 is 23.7. The molecule has 0 amide bonds. The molecular formula is C19H21N5O4S. The average Bonchev–Trinajstić information content (AvgIpc) is 2.68. The Kier molecular flexibility index (Phi) is 4.97. The SMILES string of the molecule is CS(=O)(=O)c1cccc(Nc2nc(N3CCC(O)CC3)nc3cc[nH]c(=O)c23)c1. The van der Waals surface area contributed by atoms with Crippen molar-refractivity contribution in [2.75, 3.05) is 29.6 Å². The molecule has 1 aliphatic rings. The molecule has 9 nitrogen and oxygen atoms in total. The van der Waals surface area contributed by atoms with Crippen LogP contribution in [0.2, 0.25) is 0 Å². The molecule has 10 heteroatoms. The highest BCUT2D eigenvalue weighted by Crippen LogP contribution is 2.26. The van der Waals surface area contributed by atoms with Crippen LogP contribution < -0.4 is 15.8 Å². The summed E-state index contributed by atoms with van der Waals surface area (Å²) in [5.41, 5.74) is 0.632. The first kappa shape index (κ1) is 19.3. The number of nitrogens with zero attached hydrogens (tertiary/aromatic N) is 3. The second kappa shape index (κ2) is 7.45. The topological polar surface area (TPSA) is 128 Å². The van der Waals surface area contributed by atoms with E-state index in [2.05, 4.69) is 20.3 Å². The number of aromatic nitrogens is 3. The summed E-state index contributed by atoms with van der Waals surface area (Å²) in [4.78, 5) is 26.3. The van der Waals surface area contributed by atoms with Gasteiger partial charge < -0.3 is 20.3 Å². The highest BCUT2D eigenvalue weighted by molar-refractivity contribution is 7.90. The number of anilines is 3. The number of aromatic amines is 1. The summed E-state index contributed by atoms with van der Waals surface area (Å²) in [6, 6.07) is 8.03. The lowest BCUT2D eigenvalue weighted by atomic mass is 10.1. The number of fused-ring (bicyclic) bond motifs is 1. The van der Waals surface area contributed by atoms with E-state index < -0.39 is 9.84 Å². The van der Waals surface area contributed by atoms with E-state index in [0.29, 0.717) is 48.9 Å². The molecule has 0 radical (unpaired) electrons. The Morgan fingerprint density at radius 1 is 1.21 bits per heavy atom. The van der Waals surface area contributed by atoms with E-state index in [1.54, 1.807) is 18.2 Å². The minimum absolute atomic E-state index is 0.167. The molecule has 0 atom stereocenters. The minimum atomic E-state index is -3.37. The van der Waals surface area contributed by atoms with Crippen molar-refractivity contribution in [3.63, 3.8) is 0 Å². The maximum absolute atomic E-state index is 12.4. The van der Waals surface area contributed by atoms with Crippen molar-refractivity contribution in [1.82, 2.24) is 15.0 Å². The Morgan fingerprint density at radius 3 is 2.69 bits per heavy atom. The van der Waals surface area contributed by atoms with Gasteiger partial charge in [-0.25, -0.2) is 13.4 Å². The molecule has 1 aromatic carbocycles. The van der Waals surface area contributed by atoms with Gasteiger partial charge in [0.15, 0.2) is 9.84 Å². The van der Waals surface area contributed by atoms with Gasteiger partial charge in [0.25, 0.3) is 5.56 Å². The smallest absolute Gasteiger partial charge is 0.261 e.